The minimum atomic E-state index is 0.227. The van der Waals surface area contributed by atoms with Crippen LogP contribution >= 0.6 is 0 Å². The van der Waals surface area contributed by atoms with Crippen molar-refractivity contribution < 1.29 is 4.74 Å². The van der Waals surface area contributed by atoms with E-state index in [4.69, 9.17) is 4.74 Å². The van der Waals surface area contributed by atoms with E-state index in [0.717, 1.165) is 26.2 Å². The van der Waals surface area contributed by atoms with E-state index in [1.165, 1.54) is 6.42 Å². The van der Waals surface area contributed by atoms with Crippen LogP contribution in [0.15, 0.2) is 0 Å². The van der Waals surface area contributed by atoms with Gasteiger partial charge in [-0.25, -0.2) is 0 Å². The predicted molar refractivity (Wildman–Crippen MR) is 67.3 cm³/mol. The van der Waals surface area contributed by atoms with E-state index in [2.05, 4.69) is 39.9 Å². The van der Waals surface area contributed by atoms with Crippen molar-refractivity contribution in [1.29, 1.82) is 0 Å². The number of hydrogen-bond acceptors (Lipinski definition) is 2. The summed E-state index contributed by atoms with van der Waals surface area (Å²) in [4.78, 5) is 0. The molecule has 0 unspecified atom stereocenters. The summed E-state index contributed by atoms with van der Waals surface area (Å²) in [6.45, 7) is 16.2. The van der Waals surface area contributed by atoms with Crippen molar-refractivity contribution in [1.82, 2.24) is 5.32 Å². The van der Waals surface area contributed by atoms with Gasteiger partial charge in [0.25, 0.3) is 0 Å². The molecule has 15 heavy (non-hydrogen) atoms. The fourth-order valence-electron chi connectivity index (χ4n) is 2.13. The molecule has 0 aromatic rings. The van der Waals surface area contributed by atoms with Gasteiger partial charge in [-0.1, -0.05) is 20.8 Å². The first-order valence-corrected chi connectivity index (χ1v) is 6.10. The number of hydrogen-bond donors (Lipinski definition) is 1. The molecular formula is C13H29NO. The first-order valence-electron chi connectivity index (χ1n) is 6.10. The monoisotopic (exact) mass is 215 g/mol. The lowest BCUT2D eigenvalue weighted by atomic mass is 9.82. The zero-order valence-corrected chi connectivity index (χ0v) is 11.4. The van der Waals surface area contributed by atoms with E-state index < -0.39 is 0 Å². The first-order chi connectivity index (χ1) is 6.77. The summed E-state index contributed by atoms with van der Waals surface area (Å²) in [6, 6.07) is 0. The van der Waals surface area contributed by atoms with Gasteiger partial charge in [0.2, 0.25) is 0 Å². The second-order valence-corrected chi connectivity index (χ2v) is 6.10. The van der Waals surface area contributed by atoms with Crippen LogP contribution in [-0.4, -0.2) is 25.3 Å². The topological polar surface area (TPSA) is 21.3 Å². The van der Waals surface area contributed by atoms with Crippen molar-refractivity contribution in [2.24, 2.45) is 5.41 Å². The molecule has 0 spiro atoms. The average Bonchev–Trinajstić information content (AvgIpc) is 1.99. The molecule has 1 N–H and O–H groups in total. The van der Waals surface area contributed by atoms with Crippen molar-refractivity contribution in [3.05, 3.63) is 0 Å². The maximum atomic E-state index is 5.31. The van der Waals surface area contributed by atoms with Gasteiger partial charge >= 0.3 is 0 Å². The van der Waals surface area contributed by atoms with Gasteiger partial charge in [-0.3, -0.25) is 0 Å². The third-order valence-corrected chi connectivity index (χ3v) is 2.25. The molecule has 92 valence electrons. The van der Waals surface area contributed by atoms with Crippen LogP contribution < -0.4 is 5.32 Å². The lowest BCUT2D eigenvalue weighted by Crippen LogP contribution is -2.43. The molecule has 0 bridgehead atoms. The molecule has 0 aliphatic carbocycles. The number of rotatable bonds is 7. The van der Waals surface area contributed by atoms with Crippen LogP contribution in [0.2, 0.25) is 0 Å². The highest BCUT2D eigenvalue weighted by Crippen LogP contribution is 2.26. The van der Waals surface area contributed by atoms with Crippen LogP contribution in [0.1, 0.15) is 54.4 Å². The Bertz CT molecular complexity index is 158. The highest BCUT2D eigenvalue weighted by atomic mass is 16.5. The van der Waals surface area contributed by atoms with Gasteiger partial charge in [0.15, 0.2) is 0 Å². The maximum Gasteiger partial charge on any atom is 0.0477 e. The molecule has 0 aliphatic rings. The van der Waals surface area contributed by atoms with Gasteiger partial charge in [-0.05, 0) is 45.6 Å². The van der Waals surface area contributed by atoms with Crippen LogP contribution in [-0.2, 0) is 4.74 Å². The maximum absolute atomic E-state index is 5.31. The largest absolute Gasteiger partial charge is 0.382 e. The van der Waals surface area contributed by atoms with Gasteiger partial charge in [-0.15, -0.1) is 0 Å². The minimum absolute atomic E-state index is 0.227. The van der Waals surface area contributed by atoms with Gasteiger partial charge in [0.1, 0.15) is 0 Å². The molecular weight excluding hydrogens is 186 g/mol. The molecule has 0 saturated heterocycles. The average molecular weight is 215 g/mol. The van der Waals surface area contributed by atoms with E-state index in [0.29, 0.717) is 5.41 Å². The summed E-state index contributed by atoms with van der Waals surface area (Å²) in [7, 11) is 0. The highest BCUT2D eigenvalue weighted by Gasteiger charge is 2.24. The fraction of sp³-hybridized carbons (Fsp3) is 1.00. The zero-order valence-electron chi connectivity index (χ0n) is 11.4. The summed E-state index contributed by atoms with van der Waals surface area (Å²) in [6.07, 6.45) is 2.29. The van der Waals surface area contributed by atoms with E-state index >= 15 is 0 Å². The quantitative estimate of drug-likeness (QED) is 0.658. The third-order valence-electron chi connectivity index (χ3n) is 2.25. The molecule has 0 saturated carbocycles. The van der Waals surface area contributed by atoms with Gasteiger partial charge in [-0.2, -0.15) is 0 Å². The van der Waals surface area contributed by atoms with Crippen LogP contribution in [0.25, 0.3) is 0 Å². The van der Waals surface area contributed by atoms with Crippen LogP contribution in [0.3, 0.4) is 0 Å². The Morgan fingerprint density at radius 2 is 1.67 bits per heavy atom. The van der Waals surface area contributed by atoms with Crippen LogP contribution in [0, 0.1) is 5.41 Å². The number of nitrogens with one attached hydrogen (secondary N) is 1. The van der Waals surface area contributed by atoms with Gasteiger partial charge < -0.3 is 10.1 Å². The molecule has 2 nitrogen and oxygen atoms in total. The molecule has 0 radical (unpaired) electrons. The standard InChI is InChI=1S/C13H29NO/c1-7-15-10-8-9-14-13(5,6)11-12(2,3)4/h14H,7-11H2,1-6H3. The summed E-state index contributed by atoms with van der Waals surface area (Å²) in [5.41, 5.74) is 0.612. The predicted octanol–water partition coefficient (Wildman–Crippen LogP) is 3.22. The van der Waals surface area contributed by atoms with Crippen LogP contribution in [0.5, 0.6) is 0 Å². The number of ether oxygens (including phenoxy) is 1. The zero-order chi connectivity index (χ0) is 11.9. The van der Waals surface area contributed by atoms with Crippen molar-refractivity contribution in [3.63, 3.8) is 0 Å². The molecule has 0 aliphatic heterocycles. The fourth-order valence-corrected chi connectivity index (χ4v) is 2.13. The van der Waals surface area contributed by atoms with Crippen molar-refractivity contribution >= 4 is 0 Å². The Kier molecular flexibility index (Phi) is 6.46. The Balaban J connectivity index is 3.65. The Morgan fingerprint density at radius 1 is 1.07 bits per heavy atom. The molecule has 2 heteroatoms. The Labute approximate surface area is 95.8 Å². The summed E-state index contributed by atoms with van der Waals surface area (Å²) in [5.74, 6) is 0. The highest BCUT2D eigenvalue weighted by molar-refractivity contribution is 4.82. The normalized spacial score (nSPS) is 13.2. The lowest BCUT2D eigenvalue weighted by molar-refractivity contribution is 0.141. The SMILES string of the molecule is CCOCCCNC(C)(C)CC(C)(C)C. The third kappa shape index (κ3) is 10.2. The molecule has 0 aromatic carbocycles. The molecule has 0 aromatic heterocycles. The van der Waals surface area contributed by atoms with Crippen molar-refractivity contribution in [2.45, 2.75) is 59.9 Å². The summed E-state index contributed by atoms with van der Waals surface area (Å²) in [5, 5.41) is 3.59. The summed E-state index contributed by atoms with van der Waals surface area (Å²) >= 11 is 0. The Morgan fingerprint density at radius 3 is 2.13 bits per heavy atom. The van der Waals surface area contributed by atoms with E-state index in [1.807, 2.05) is 6.92 Å². The first kappa shape index (κ1) is 14.9. The molecule has 0 atom stereocenters. The summed E-state index contributed by atoms with van der Waals surface area (Å²) < 4.78 is 5.31. The minimum Gasteiger partial charge on any atom is -0.382 e. The molecule has 0 rings (SSSR count). The van der Waals surface area contributed by atoms with E-state index in [-0.39, 0.29) is 5.54 Å². The van der Waals surface area contributed by atoms with E-state index in [9.17, 15) is 0 Å². The van der Waals surface area contributed by atoms with Crippen molar-refractivity contribution in [2.75, 3.05) is 19.8 Å². The lowest BCUT2D eigenvalue weighted by Gasteiger charge is -2.33. The van der Waals surface area contributed by atoms with Crippen molar-refractivity contribution in [3.8, 4) is 0 Å². The molecule has 0 amide bonds. The smallest absolute Gasteiger partial charge is 0.0477 e. The molecule has 0 fully saturated rings. The van der Waals surface area contributed by atoms with Gasteiger partial charge in [0.05, 0.1) is 0 Å². The second-order valence-electron chi connectivity index (χ2n) is 6.10. The molecule has 0 heterocycles. The van der Waals surface area contributed by atoms with Gasteiger partial charge in [0, 0.05) is 18.8 Å². The van der Waals surface area contributed by atoms with E-state index in [1.54, 1.807) is 0 Å². The van der Waals surface area contributed by atoms with Crippen LogP contribution in [0.4, 0.5) is 0 Å². The second kappa shape index (κ2) is 6.49. The Hall–Kier alpha value is -0.0800.